The Bertz CT molecular complexity index is 859. The third-order valence-corrected chi connectivity index (χ3v) is 6.66. The van der Waals surface area contributed by atoms with Crippen molar-refractivity contribution in [2.45, 2.75) is 66.1 Å². The van der Waals surface area contributed by atoms with Crippen molar-refractivity contribution in [2.24, 2.45) is 11.8 Å². The van der Waals surface area contributed by atoms with E-state index in [0.29, 0.717) is 47.8 Å². The molecule has 28 heavy (non-hydrogen) atoms. The molecule has 2 N–H and O–H groups in total. The van der Waals surface area contributed by atoms with Crippen molar-refractivity contribution in [1.82, 2.24) is 9.88 Å². The minimum absolute atomic E-state index is 0.267. The molecule has 3 atom stereocenters. The van der Waals surface area contributed by atoms with E-state index >= 15 is 0 Å². The summed E-state index contributed by atoms with van der Waals surface area (Å²) in [5.74, 6) is 0.0638. The lowest BCUT2D eigenvalue weighted by Crippen LogP contribution is -2.40. The highest BCUT2D eigenvalue weighted by Crippen LogP contribution is 2.30. The van der Waals surface area contributed by atoms with Crippen molar-refractivity contribution < 1.29 is 14.3 Å². The molecule has 1 aromatic carbocycles. The summed E-state index contributed by atoms with van der Waals surface area (Å²) in [4.78, 5) is 12.0. The van der Waals surface area contributed by atoms with Crippen LogP contribution in [0.25, 0.3) is 0 Å². The number of nitrogens with one attached hydrogen (secondary N) is 1. The van der Waals surface area contributed by atoms with Gasteiger partial charge in [0.1, 0.15) is 5.82 Å². The fourth-order valence-electron chi connectivity index (χ4n) is 4.59. The van der Waals surface area contributed by atoms with Crippen LogP contribution in [-0.2, 0) is 13.1 Å². The molecule has 5 heteroatoms. The largest absolute Gasteiger partial charge is 0.478 e. The molecule has 0 spiro atoms. The lowest BCUT2D eigenvalue weighted by Gasteiger charge is -2.34. The van der Waals surface area contributed by atoms with Gasteiger partial charge in [0.25, 0.3) is 0 Å². The first-order chi connectivity index (χ1) is 13.3. The maximum absolute atomic E-state index is 14.1. The lowest BCUT2D eigenvalue weighted by molar-refractivity contribution is 0.0694. The van der Waals surface area contributed by atoms with Crippen molar-refractivity contribution in [3.8, 4) is 0 Å². The topological polar surface area (TPSA) is 54.3 Å². The predicted octanol–water partition coefficient (Wildman–Crippen LogP) is 4.90. The third kappa shape index (κ3) is 4.00. The normalized spacial score (nSPS) is 22.4. The van der Waals surface area contributed by atoms with Gasteiger partial charge in [0.15, 0.2) is 0 Å². The highest BCUT2D eigenvalue weighted by atomic mass is 19.1. The average Bonchev–Trinajstić information content (AvgIpc) is 2.89. The van der Waals surface area contributed by atoms with E-state index in [-0.39, 0.29) is 5.82 Å². The van der Waals surface area contributed by atoms with Crippen LogP contribution in [-0.4, -0.2) is 21.7 Å². The first kappa shape index (κ1) is 20.6. The van der Waals surface area contributed by atoms with Gasteiger partial charge >= 0.3 is 5.97 Å². The molecule has 0 radical (unpaired) electrons. The summed E-state index contributed by atoms with van der Waals surface area (Å²) in [6.45, 7) is 9.18. The number of carbonyl (C=O) groups is 1. The average molecular weight is 387 g/mol. The van der Waals surface area contributed by atoms with Crippen molar-refractivity contribution in [1.29, 1.82) is 0 Å². The van der Waals surface area contributed by atoms with Gasteiger partial charge in [-0.2, -0.15) is 0 Å². The van der Waals surface area contributed by atoms with E-state index < -0.39 is 5.97 Å². The van der Waals surface area contributed by atoms with Crippen LogP contribution in [0.5, 0.6) is 0 Å². The zero-order valence-corrected chi connectivity index (χ0v) is 17.3. The second-order valence-electron chi connectivity index (χ2n) is 8.26. The van der Waals surface area contributed by atoms with Crippen molar-refractivity contribution in [3.05, 3.63) is 58.2 Å². The van der Waals surface area contributed by atoms with E-state index in [9.17, 15) is 14.3 Å². The maximum Gasteiger partial charge on any atom is 0.337 e. The Morgan fingerprint density at radius 2 is 1.93 bits per heavy atom. The lowest BCUT2D eigenvalue weighted by atomic mass is 9.78. The van der Waals surface area contributed by atoms with E-state index in [4.69, 9.17) is 0 Å². The number of hydrogen-bond donors (Lipinski definition) is 2. The molecule has 1 saturated carbocycles. The SMILES string of the molecule is Cc1c(CN[C@@H]2CCC[C@H](C)[C@@H]2C)c(C(=O)O)c(C)n1Cc1ccccc1F. The zero-order valence-electron chi connectivity index (χ0n) is 17.3. The first-order valence-electron chi connectivity index (χ1n) is 10.2. The molecule has 4 nitrogen and oxygen atoms in total. The standard InChI is InChI=1S/C23H31FN2O2/c1-14-8-7-11-21(15(14)2)25-12-19-16(3)26(17(4)22(19)23(27)28)13-18-9-5-6-10-20(18)24/h5-6,9-10,14-15,21,25H,7-8,11-13H2,1-4H3,(H,27,28)/t14-,15-,21+/m0/s1. The van der Waals surface area contributed by atoms with Crippen molar-refractivity contribution >= 4 is 5.97 Å². The molecule has 1 fully saturated rings. The molecule has 0 bridgehead atoms. The number of carboxylic acid groups (broad SMARTS) is 1. The zero-order chi connectivity index (χ0) is 20.4. The van der Waals surface area contributed by atoms with Crippen LogP contribution in [0.4, 0.5) is 4.39 Å². The van der Waals surface area contributed by atoms with Crippen LogP contribution >= 0.6 is 0 Å². The number of rotatable bonds is 6. The van der Waals surface area contributed by atoms with E-state index in [0.717, 1.165) is 17.7 Å². The van der Waals surface area contributed by atoms with Gasteiger partial charge in [-0.3, -0.25) is 0 Å². The van der Waals surface area contributed by atoms with Gasteiger partial charge in [-0.25, -0.2) is 9.18 Å². The van der Waals surface area contributed by atoms with Crippen LogP contribution in [0.15, 0.2) is 24.3 Å². The molecule has 1 heterocycles. The molecule has 1 aliphatic carbocycles. The van der Waals surface area contributed by atoms with Crippen LogP contribution < -0.4 is 5.32 Å². The second kappa shape index (κ2) is 8.48. The number of hydrogen-bond acceptors (Lipinski definition) is 2. The fourth-order valence-corrected chi connectivity index (χ4v) is 4.59. The van der Waals surface area contributed by atoms with E-state index in [2.05, 4.69) is 19.2 Å². The second-order valence-corrected chi connectivity index (χ2v) is 8.26. The molecule has 0 saturated heterocycles. The molecule has 0 aliphatic heterocycles. The molecule has 1 aromatic heterocycles. The number of nitrogens with zero attached hydrogens (tertiary/aromatic N) is 1. The maximum atomic E-state index is 14.1. The predicted molar refractivity (Wildman–Crippen MR) is 109 cm³/mol. The molecule has 152 valence electrons. The van der Waals surface area contributed by atoms with Crippen LogP contribution in [0.2, 0.25) is 0 Å². The summed E-state index contributed by atoms with van der Waals surface area (Å²) >= 11 is 0. The fraction of sp³-hybridized carbons (Fsp3) is 0.522. The summed E-state index contributed by atoms with van der Waals surface area (Å²) in [6, 6.07) is 7.06. The molecule has 0 amide bonds. The summed E-state index contributed by atoms with van der Waals surface area (Å²) < 4.78 is 16.1. The van der Waals surface area contributed by atoms with E-state index in [1.807, 2.05) is 18.4 Å². The minimum atomic E-state index is -0.922. The molecular formula is C23H31FN2O2. The van der Waals surface area contributed by atoms with Crippen LogP contribution in [0.1, 0.15) is 66.0 Å². The van der Waals surface area contributed by atoms with Gasteiger partial charge in [0, 0.05) is 35.1 Å². The van der Waals surface area contributed by atoms with Gasteiger partial charge in [-0.05, 0) is 38.2 Å². The molecule has 0 unspecified atom stereocenters. The summed E-state index contributed by atoms with van der Waals surface area (Å²) in [6.07, 6.45) is 3.60. The molecular weight excluding hydrogens is 355 g/mol. The molecule has 3 rings (SSSR count). The summed E-state index contributed by atoms with van der Waals surface area (Å²) in [5.41, 5.74) is 3.29. The Hall–Kier alpha value is -2.14. The van der Waals surface area contributed by atoms with Gasteiger partial charge in [-0.1, -0.05) is 44.9 Å². The molecule has 1 aliphatic rings. The Morgan fingerprint density at radius 1 is 1.21 bits per heavy atom. The van der Waals surface area contributed by atoms with Gasteiger partial charge < -0.3 is 15.0 Å². The Kier molecular flexibility index (Phi) is 6.23. The number of carboxylic acids is 1. The van der Waals surface area contributed by atoms with Crippen LogP contribution in [0, 0.1) is 31.5 Å². The summed E-state index contributed by atoms with van der Waals surface area (Å²) in [7, 11) is 0. The van der Waals surface area contributed by atoms with Gasteiger partial charge in [0.2, 0.25) is 0 Å². The number of aromatic nitrogens is 1. The van der Waals surface area contributed by atoms with E-state index in [1.54, 1.807) is 18.2 Å². The minimum Gasteiger partial charge on any atom is -0.478 e. The smallest absolute Gasteiger partial charge is 0.337 e. The van der Waals surface area contributed by atoms with Gasteiger partial charge in [0.05, 0.1) is 12.1 Å². The number of benzene rings is 1. The Balaban J connectivity index is 1.88. The Labute approximate surface area is 166 Å². The summed E-state index contributed by atoms with van der Waals surface area (Å²) in [5, 5.41) is 13.4. The quantitative estimate of drug-likeness (QED) is 0.742. The first-order valence-corrected chi connectivity index (χ1v) is 10.2. The van der Waals surface area contributed by atoms with Crippen molar-refractivity contribution in [2.75, 3.05) is 0 Å². The van der Waals surface area contributed by atoms with Crippen molar-refractivity contribution in [3.63, 3.8) is 0 Å². The van der Waals surface area contributed by atoms with E-state index in [1.165, 1.54) is 18.9 Å². The van der Waals surface area contributed by atoms with Crippen LogP contribution in [0.3, 0.4) is 0 Å². The highest BCUT2D eigenvalue weighted by molar-refractivity contribution is 5.91. The highest BCUT2D eigenvalue weighted by Gasteiger charge is 2.28. The number of aromatic carboxylic acids is 1. The third-order valence-electron chi connectivity index (χ3n) is 6.66. The van der Waals surface area contributed by atoms with Gasteiger partial charge in [-0.15, -0.1) is 0 Å². The number of halogens is 1. The monoisotopic (exact) mass is 386 g/mol. The molecule has 2 aromatic rings. The Morgan fingerprint density at radius 3 is 2.61 bits per heavy atom.